The first kappa shape index (κ1) is 6.59. The molecule has 0 rings (SSSR count). The number of rotatable bonds is 3. The van der Waals surface area contributed by atoms with Crippen molar-refractivity contribution >= 4 is 6.21 Å². The van der Waals surface area contributed by atoms with E-state index in [1.165, 1.54) is 0 Å². The van der Waals surface area contributed by atoms with Gasteiger partial charge in [0.25, 0.3) is 0 Å². The van der Waals surface area contributed by atoms with Gasteiger partial charge in [0.15, 0.2) is 0 Å². The second-order valence-electron chi connectivity index (χ2n) is 1.07. The van der Waals surface area contributed by atoms with Crippen LogP contribution >= 0.6 is 0 Å². The van der Waals surface area contributed by atoms with E-state index < -0.39 is 0 Å². The van der Waals surface area contributed by atoms with E-state index in [-0.39, 0.29) is 0 Å². The summed E-state index contributed by atoms with van der Waals surface area (Å²) in [5.41, 5.74) is 1.99. The molecular weight excluding hydrogens is 92.1 g/mol. The Balaban J connectivity index is 2.69. The number of hydroxylamine groups is 1. The summed E-state index contributed by atoms with van der Waals surface area (Å²) in [6.07, 6.45) is 1.71. The lowest BCUT2D eigenvalue weighted by Gasteiger charge is -1.87. The van der Waals surface area contributed by atoms with Gasteiger partial charge < -0.3 is 5.21 Å². The predicted octanol–water partition coefficient (Wildman–Crippen LogP) is 0.0559. The number of nitrogens with zero attached hydrogens (tertiary/aromatic N) is 1. The molecule has 3 nitrogen and oxygen atoms in total. The average Bonchev–Trinajstić information content (AvgIpc) is 1.69. The van der Waals surface area contributed by atoms with Crippen LogP contribution in [-0.2, 0) is 0 Å². The third-order valence-electron chi connectivity index (χ3n) is 0.535. The predicted molar refractivity (Wildman–Crippen MR) is 28.8 cm³/mol. The van der Waals surface area contributed by atoms with Crippen LogP contribution in [0.4, 0.5) is 0 Å². The molecule has 0 aromatic carbocycles. The fraction of sp³-hybridized carbons (Fsp3) is 0.750. The van der Waals surface area contributed by atoms with Crippen molar-refractivity contribution in [2.75, 3.05) is 13.1 Å². The second-order valence-corrected chi connectivity index (χ2v) is 1.07. The van der Waals surface area contributed by atoms with Crippen LogP contribution in [0.25, 0.3) is 0 Å². The zero-order chi connectivity index (χ0) is 5.54. The lowest BCUT2D eigenvalue weighted by atomic mass is 10.7. The van der Waals surface area contributed by atoms with E-state index in [0.29, 0.717) is 13.1 Å². The largest absolute Gasteiger partial charge is 0.317 e. The number of aliphatic imine (C=N–C) groups is 1. The number of hydrogen-bond donors (Lipinski definition) is 2. The molecule has 0 saturated heterocycles. The minimum atomic E-state index is 0.532. The van der Waals surface area contributed by atoms with Gasteiger partial charge in [0.1, 0.15) is 0 Å². The lowest BCUT2D eigenvalue weighted by molar-refractivity contribution is 0.170. The molecule has 0 heterocycles. The molecule has 0 saturated carbocycles. The SMILES string of the molecule is CC=NCCNO. The third-order valence-corrected chi connectivity index (χ3v) is 0.535. The molecule has 0 amide bonds. The molecule has 0 atom stereocenters. The first-order valence-electron chi connectivity index (χ1n) is 2.23. The molecule has 7 heavy (non-hydrogen) atoms. The van der Waals surface area contributed by atoms with Gasteiger partial charge in [0, 0.05) is 6.54 Å². The van der Waals surface area contributed by atoms with Gasteiger partial charge in [0.2, 0.25) is 0 Å². The number of nitrogens with one attached hydrogen (secondary N) is 1. The van der Waals surface area contributed by atoms with Crippen LogP contribution in [0.5, 0.6) is 0 Å². The maximum absolute atomic E-state index is 7.97. The monoisotopic (exact) mass is 102 g/mol. The zero-order valence-electron chi connectivity index (χ0n) is 4.39. The Morgan fingerprint density at radius 3 is 3.00 bits per heavy atom. The summed E-state index contributed by atoms with van der Waals surface area (Å²) < 4.78 is 0. The Morgan fingerprint density at radius 1 is 1.86 bits per heavy atom. The van der Waals surface area contributed by atoms with E-state index in [2.05, 4.69) is 4.99 Å². The quantitative estimate of drug-likeness (QED) is 0.300. The summed E-state index contributed by atoms with van der Waals surface area (Å²) in [4.78, 5) is 3.81. The van der Waals surface area contributed by atoms with E-state index in [9.17, 15) is 0 Å². The summed E-state index contributed by atoms with van der Waals surface area (Å²) in [7, 11) is 0. The van der Waals surface area contributed by atoms with Crippen molar-refractivity contribution in [2.24, 2.45) is 4.99 Å². The summed E-state index contributed by atoms with van der Waals surface area (Å²) in [6, 6.07) is 0. The van der Waals surface area contributed by atoms with Crippen molar-refractivity contribution in [3.8, 4) is 0 Å². The molecule has 0 radical (unpaired) electrons. The molecule has 0 aliphatic rings. The van der Waals surface area contributed by atoms with Crippen LogP contribution in [0, 0.1) is 0 Å². The topological polar surface area (TPSA) is 44.6 Å². The lowest BCUT2D eigenvalue weighted by Crippen LogP contribution is -2.11. The van der Waals surface area contributed by atoms with Gasteiger partial charge in [-0.3, -0.25) is 4.99 Å². The Morgan fingerprint density at radius 2 is 2.57 bits per heavy atom. The van der Waals surface area contributed by atoms with E-state index in [1.807, 2.05) is 12.4 Å². The molecule has 0 unspecified atom stereocenters. The molecule has 0 aromatic heterocycles. The van der Waals surface area contributed by atoms with E-state index in [1.54, 1.807) is 6.21 Å². The van der Waals surface area contributed by atoms with Crippen molar-refractivity contribution in [3.63, 3.8) is 0 Å². The summed E-state index contributed by atoms with van der Waals surface area (Å²) in [5, 5.41) is 7.97. The van der Waals surface area contributed by atoms with Crippen LogP contribution in [0.2, 0.25) is 0 Å². The minimum absolute atomic E-state index is 0.532. The molecule has 0 aromatic rings. The maximum Gasteiger partial charge on any atom is 0.0533 e. The Hall–Kier alpha value is -0.410. The molecule has 42 valence electrons. The molecule has 0 aliphatic heterocycles. The van der Waals surface area contributed by atoms with Gasteiger partial charge >= 0.3 is 0 Å². The van der Waals surface area contributed by atoms with E-state index in [0.717, 1.165) is 0 Å². The first-order valence-corrected chi connectivity index (χ1v) is 2.23. The molecule has 0 aliphatic carbocycles. The highest BCUT2D eigenvalue weighted by molar-refractivity contribution is 5.53. The van der Waals surface area contributed by atoms with Crippen LogP contribution in [0.1, 0.15) is 6.92 Å². The molecule has 0 bridgehead atoms. The summed E-state index contributed by atoms with van der Waals surface area (Å²) in [6.45, 7) is 3.02. The van der Waals surface area contributed by atoms with Crippen LogP contribution in [0.3, 0.4) is 0 Å². The van der Waals surface area contributed by atoms with Gasteiger partial charge in [-0.2, -0.15) is 0 Å². The normalized spacial score (nSPS) is 10.6. The minimum Gasteiger partial charge on any atom is -0.317 e. The van der Waals surface area contributed by atoms with Gasteiger partial charge in [0.05, 0.1) is 6.54 Å². The highest BCUT2D eigenvalue weighted by Crippen LogP contribution is 1.60. The van der Waals surface area contributed by atoms with Crippen molar-refractivity contribution in [2.45, 2.75) is 6.92 Å². The standard InChI is InChI=1S/C4H10N2O/c1-2-5-3-4-6-7/h2,6-7H,3-4H2,1H3. The van der Waals surface area contributed by atoms with E-state index in [4.69, 9.17) is 5.21 Å². The fourth-order valence-corrected chi connectivity index (χ4v) is 0.244. The maximum atomic E-state index is 7.97. The van der Waals surface area contributed by atoms with Gasteiger partial charge in [-0.15, -0.1) is 0 Å². The highest BCUT2D eigenvalue weighted by Gasteiger charge is 1.72. The molecule has 0 spiro atoms. The van der Waals surface area contributed by atoms with Crippen molar-refractivity contribution in [3.05, 3.63) is 0 Å². The molecule has 2 N–H and O–H groups in total. The second kappa shape index (κ2) is 5.59. The fourth-order valence-electron chi connectivity index (χ4n) is 0.244. The Kier molecular flexibility index (Phi) is 5.26. The third kappa shape index (κ3) is 5.59. The van der Waals surface area contributed by atoms with Crippen LogP contribution in [0.15, 0.2) is 4.99 Å². The van der Waals surface area contributed by atoms with Gasteiger partial charge in [-0.1, -0.05) is 0 Å². The smallest absolute Gasteiger partial charge is 0.0533 e. The first-order chi connectivity index (χ1) is 3.41. The van der Waals surface area contributed by atoms with Crippen LogP contribution < -0.4 is 5.48 Å². The van der Waals surface area contributed by atoms with Crippen molar-refractivity contribution < 1.29 is 5.21 Å². The zero-order valence-corrected chi connectivity index (χ0v) is 4.39. The van der Waals surface area contributed by atoms with Crippen molar-refractivity contribution in [1.29, 1.82) is 0 Å². The van der Waals surface area contributed by atoms with Gasteiger partial charge in [-0.05, 0) is 13.1 Å². The average molecular weight is 102 g/mol. The number of hydrogen-bond acceptors (Lipinski definition) is 3. The summed E-state index contributed by atoms with van der Waals surface area (Å²) in [5.74, 6) is 0. The molecular formula is C4H10N2O. The Labute approximate surface area is 43.0 Å². The van der Waals surface area contributed by atoms with E-state index >= 15 is 0 Å². The molecule has 3 heteroatoms. The van der Waals surface area contributed by atoms with Crippen molar-refractivity contribution in [1.82, 2.24) is 5.48 Å². The highest BCUT2D eigenvalue weighted by atomic mass is 16.5. The molecule has 0 fully saturated rings. The summed E-state index contributed by atoms with van der Waals surface area (Å²) >= 11 is 0. The Bertz CT molecular complexity index is 53.7. The van der Waals surface area contributed by atoms with Crippen LogP contribution in [-0.4, -0.2) is 24.5 Å². The van der Waals surface area contributed by atoms with Gasteiger partial charge in [-0.25, -0.2) is 5.48 Å².